The summed E-state index contributed by atoms with van der Waals surface area (Å²) in [5.41, 5.74) is 4.32. The van der Waals surface area contributed by atoms with Gasteiger partial charge in [0.2, 0.25) is 5.91 Å². The smallest absolute Gasteiger partial charge is 0.240 e. The lowest BCUT2D eigenvalue weighted by atomic mass is 10.1. The second-order valence-corrected chi connectivity index (χ2v) is 8.99. The molecule has 174 valence electrons. The zero-order chi connectivity index (χ0) is 23.2. The van der Waals surface area contributed by atoms with Crippen molar-refractivity contribution in [1.82, 2.24) is 14.8 Å². The van der Waals surface area contributed by atoms with Gasteiger partial charge in [-0.1, -0.05) is 24.3 Å². The molecule has 3 aromatic rings. The van der Waals surface area contributed by atoms with E-state index in [0.29, 0.717) is 17.4 Å². The summed E-state index contributed by atoms with van der Waals surface area (Å²) in [4.78, 5) is 21.8. The molecular formula is C25H30N4O3S. The Morgan fingerprint density at radius 3 is 2.55 bits per heavy atom. The van der Waals surface area contributed by atoms with Gasteiger partial charge in [0.25, 0.3) is 0 Å². The highest BCUT2D eigenvalue weighted by Gasteiger charge is 2.20. The van der Waals surface area contributed by atoms with Crippen molar-refractivity contribution >= 4 is 22.4 Å². The Hall–Kier alpha value is -2.94. The van der Waals surface area contributed by atoms with Crippen LogP contribution in [0.1, 0.15) is 11.1 Å². The van der Waals surface area contributed by atoms with Crippen molar-refractivity contribution in [3.63, 3.8) is 0 Å². The number of hydrogen-bond acceptors (Lipinski definition) is 7. The molecule has 1 aromatic heterocycles. The molecule has 0 bridgehead atoms. The number of aryl methyl sites for hydroxylation is 1. The Labute approximate surface area is 199 Å². The third-order valence-electron chi connectivity index (χ3n) is 5.92. The number of ether oxygens (including phenoxy) is 2. The Balaban J connectivity index is 1.28. The van der Waals surface area contributed by atoms with Crippen molar-refractivity contribution in [3.05, 3.63) is 59.0 Å². The number of rotatable bonds is 8. The van der Waals surface area contributed by atoms with E-state index in [4.69, 9.17) is 9.47 Å². The maximum atomic E-state index is 12.6. The van der Waals surface area contributed by atoms with E-state index in [1.165, 1.54) is 22.5 Å². The van der Waals surface area contributed by atoms with Gasteiger partial charge in [-0.15, -0.1) is 11.3 Å². The third kappa shape index (κ3) is 5.90. The standard InChI is InChI=1S/C25H30N4O3S/c1-18-6-4-5-7-19(18)15-28-10-12-29(13-11-28)16-24(30)27-25-26-22(17-33-25)21-9-8-20(31-2)14-23(21)32-3/h4-9,14,17H,10-13,15-16H2,1-3H3,(H,26,27,30). The molecule has 0 atom stereocenters. The molecule has 7 nitrogen and oxygen atoms in total. The second kappa shape index (κ2) is 10.8. The number of benzene rings is 2. The molecule has 0 spiro atoms. The molecule has 1 saturated heterocycles. The number of nitrogens with one attached hydrogen (secondary N) is 1. The molecule has 1 aliphatic heterocycles. The second-order valence-electron chi connectivity index (χ2n) is 8.13. The van der Waals surface area contributed by atoms with Gasteiger partial charge >= 0.3 is 0 Å². The van der Waals surface area contributed by atoms with Crippen molar-refractivity contribution in [2.24, 2.45) is 0 Å². The van der Waals surface area contributed by atoms with E-state index < -0.39 is 0 Å². The van der Waals surface area contributed by atoms with Gasteiger partial charge in [0, 0.05) is 49.7 Å². The summed E-state index contributed by atoms with van der Waals surface area (Å²) < 4.78 is 10.7. The van der Waals surface area contributed by atoms with E-state index in [9.17, 15) is 4.79 Å². The predicted octanol–water partition coefficient (Wildman–Crippen LogP) is 3.89. The minimum atomic E-state index is -0.0371. The van der Waals surface area contributed by atoms with E-state index in [1.807, 2.05) is 23.6 Å². The van der Waals surface area contributed by atoms with Gasteiger partial charge in [0.15, 0.2) is 5.13 Å². The number of hydrogen-bond donors (Lipinski definition) is 1. The molecular weight excluding hydrogens is 436 g/mol. The molecule has 2 aromatic carbocycles. The third-order valence-corrected chi connectivity index (χ3v) is 6.68. The fourth-order valence-electron chi connectivity index (χ4n) is 3.96. The van der Waals surface area contributed by atoms with Crippen LogP contribution in [0.2, 0.25) is 0 Å². The Kier molecular flexibility index (Phi) is 7.59. The van der Waals surface area contributed by atoms with Crippen molar-refractivity contribution in [3.8, 4) is 22.8 Å². The van der Waals surface area contributed by atoms with Crippen LogP contribution >= 0.6 is 11.3 Å². The monoisotopic (exact) mass is 466 g/mol. The molecule has 0 saturated carbocycles. The number of nitrogens with zero attached hydrogens (tertiary/aromatic N) is 3. The highest BCUT2D eigenvalue weighted by molar-refractivity contribution is 7.14. The van der Waals surface area contributed by atoms with E-state index >= 15 is 0 Å². The fourth-order valence-corrected chi connectivity index (χ4v) is 4.69. The molecule has 8 heteroatoms. The normalized spacial score (nSPS) is 14.8. The average molecular weight is 467 g/mol. The number of anilines is 1. The molecule has 1 fully saturated rings. The van der Waals surface area contributed by atoms with Gasteiger partial charge in [-0.05, 0) is 30.2 Å². The minimum absolute atomic E-state index is 0.0371. The number of thiazole rings is 1. The van der Waals surface area contributed by atoms with Crippen molar-refractivity contribution < 1.29 is 14.3 Å². The van der Waals surface area contributed by atoms with E-state index in [1.54, 1.807) is 14.2 Å². The van der Waals surface area contributed by atoms with Crippen molar-refractivity contribution in [2.75, 3.05) is 52.3 Å². The lowest BCUT2D eigenvalue weighted by Gasteiger charge is -2.34. The van der Waals surface area contributed by atoms with E-state index in [-0.39, 0.29) is 5.91 Å². The first kappa shape index (κ1) is 23.2. The molecule has 0 radical (unpaired) electrons. The van der Waals surface area contributed by atoms with Gasteiger partial charge in [-0.25, -0.2) is 4.98 Å². The first-order valence-electron chi connectivity index (χ1n) is 11.0. The number of methoxy groups -OCH3 is 2. The minimum Gasteiger partial charge on any atom is -0.497 e. The fraction of sp³-hybridized carbons (Fsp3) is 0.360. The van der Waals surface area contributed by atoms with Gasteiger partial charge in [-0.3, -0.25) is 14.6 Å². The predicted molar refractivity (Wildman–Crippen MR) is 132 cm³/mol. The maximum absolute atomic E-state index is 12.6. The quantitative estimate of drug-likeness (QED) is 0.543. The van der Waals surface area contributed by atoms with Gasteiger partial charge in [0.1, 0.15) is 11.5 Å². The van der Waals surface area contributed by atoms with Crippen LogP contribution in [0.3, 0.4) is 0 Å². The molecule has 0 aliphatic carbocycles. The van der Waals surface area contributed by atoms with Crippen LogP contribution < -0.4 is 14.8 Å². The number of carbonyl (C=O) groups is 1. The van der Waals surface area contributed by atoms with E-state index in [0.717, 1.165) is 49.7 Å². The largest absolute Gasteiger partial charge is 0.497 e. The van der Waals surface area contributed by atoms with Crippen LogP contribution in [0.5, 0.6) is 11.5 Å². The molecule has 1 amide bonds. The van der Waals surface area contributed by atoms with Crippen LogP contribution in [0.25, 0.3) is 11.3 Å². The summed E-state index contributed by atoms with van der Waals surface area (Å²) in [5, 5.41) is 5.46. The first-order chi connectivity index (χ1) is 16.1. The highest BCUT2D eigenvalue weighted by atomic mass is 32.1. The summed E-state index contributed by atoms with van der Waals surface area (Å²) in [7, 11) is 3.24. The summed E-state index contributed by atoms with van der Waals surface area (Å²) in [6.07, 6.45) is 0. The van der Waals surface area contributed by atoms with Crippen molar-refractivity contribution in [2.45, 2.75) is 13.5 Å². The topological polar surface area (TPSA) is 66.9 Å². The molecule has 1 N–H and O–H groups in total. The summed E-state index contributed by atoms with van der Waals surface area (Å²) >= 11 is 1.41. The lowest BCUT2D eigenvalue weighted by Crippen LogP contribution is -2.48. The average Bonchev–Trinajstić information content (AvgIpc) is 3.29. The number of aromatic nitrogens is 1. The molecule has 33 heavy (non-hydrogen) atoms. The van der Waals surface area contributed by atoms with Crippen molar-refractivity contribution in [1.29, 1.82) is 0 Å². The van der Waals surface area contributed by atoms with Gasteiger partial charge in [0.05, 0.1) is 26.5 Å². The number of carbonyl (C=O) groups excluding carboxylic acids is 1. The molecule has 2 heterocycles. The summed E-state index contributed by atoms with van der Waals surface area (Å²) in [5.74, 6) is 1.37. The number of amides is 1. The van der Waals surface area contributed by atoms with Crippen LogP contribution in [0.15, 0.2) is 47.8 Å². The molecule has 1 aliphatic rings. The van der Waals surface area contributed by atoms with Crippen LogP contribution in [-0.4, -0.2) is 67.6 Å². The zero-order valence-electron chi connectivity index (χ0n) is 19.3. The van der Waals surface area contributed by atoms with Gasteiger partial charge < -0.3 is 14.8 Å². The highest BCUT2D eigenvalue weighted by Crippen LogP contribution is 2.34. The molecule has 4 rings (SSSR count). The molecule has 0 unspecified atom stereocenters. The Bertz CT molecular complexity index is 1090. The summed E-state index contributed by atoms with van der Waals surface area (Å²) in [6.45, 7) is 7.17. The zero-order valence-corrected chi connectivity index (χ0v) is 20.2. The van der Waals surface area contributed by atoms with E-state index in [2.05, 4.69) is 51.3 Å². The first-order valence-corrected chi connectivity index (χ1v) is 11.9. The van der Waals surface area contributed by atoms with Crippen LogP contribution in [0, 0.1) is 6.92 Å². The Morgan fingerprint density at radius 1 is 1.06 bits per heavy atom. The SMILES string of the molecule is COc1ccc(-c2csc(NC(=O)CN3CCN(Cc4ccccc4C)CC3)n2)c(OC)c1. The van der Waals surface area contributed by atoms with Gasteiger partial charge in [-0.2, -0.15) is 0 Å². The lowest BCUT2D eigenvalue weighted by molar-refractivity contribution is -0.117. The van der Waals surface area contributed by atoms with Crippen LogP contribution in [0.4, 0.5) is 5.13 Å². The van der Waals surface area contributed by atoms with Crippen LogP contribution in [-0.2, 0) is 11.3 Å². The Morgan fingerprint density at radius 2 is 1.82 bits per heavy atom. The number of piperazine rings is 1. The maximum Gasteiger partial charge on any atom is 0.240 e. The summed E-state index contributed by atoms with van der Waals surface area (Å²) in [6, 6.07) is 14.1.